The summed E-state index contributed by atoms with van der Waals surface area (Å²) in [5, 5.41) is 3.32. The molecule has 2 saturated heterocycles. The third kappa shape index (κ3) is 3.42. The summed E-state index contributed by atoms with van der Waals surface area (Å²) in [7, 11) is 0. The second-order valence-corrected chi connectivity index (χ2v) is 7.23. The lowest BCUT2D eigenvalue weighted by atomic mass is 9.96. The molecule has 0 bridgehead atoms. The van der Waals surface area contributed by atoms with Crippen LogP contribution in [0.2, 0.25) is 0 Å². The van der Waals surface area contributed by atoms with Crippen LogP contribution in [0.4, 0.5) is 0 Å². The van der Waals surface area contributed by atoms with Crippen molar-refractivity contribution in [1.82, 2.24) is 15.1 Å². The number of ether oxygens (including phenoxy) is 1. The molecule has 1 N–H and O–H groups in total. The van der Waals surface area contributed by atoms with Crippen LogP contribution in [0.3, 0.4) is 0 Å². The molecule has 3 aliphatic rings. The zero-order valence-corrected chi connectivity index (χ0v) is 14.2. The number of para-hydroxylation sites is 1. The van der Waals surface area contributed by atoms with Gasteiger partial charge in [0.15, 0.2) is 0 Å². The van der Waals surface area contributed by atoms with Gasteiger partial charge in [0.1, 0.15) is 12.4 Å². The molecule has 0 radical (unpaired) electrons. The Morgan fingerprint density at radius 3 is 2.92 bits per heavy atom. The number of piperidine rings is 1. The first-order valence-corrected chi connectivity index (χ1v) is 9.26. The minimum absolute atomic E-state index is 0.160. The molecular weight excluding hydrogens is 302 g/mol. The van der Waals surface area contributed by atoms with Crippen molar-refractivity contribution in [2.45, 2.75) is 44.3 Å². The molecule has 3 heterocycles. The molecule has 2 fully saturated rings. The van der Waals surface area contributed by atoms with Gasteiger partial charge in [-0.2, -0.15) is 0 Å². The summed E-state index contributed by atoms with van der Waals surface area (Å²) in [4.78, 5) is 17.3. The van der Waals surface area contributed by atoms with Crippen LogP contribution in [0.25, 0.3) is 0 Å². The van der Waals surface area contributed by atoms with Crippen molar-refractivity contribution in [1.29, 1.82) is 0 Å². The third-order valence-corrected chi connectivity index (χ3v) is 5.58. The van der Waals surface area contributed by atoms with E-state index in [-0.39, 0.29) is 5.91 Å². The molecule has 1 amide bonds. The summed E-state index contributed by atoms with van der Waals surface area (Å²) < 4.78 is 5.79. The van der Waals surface area contributed by atoms with E-state index in [1.54, 1.807) is 0 Å². The zero-order valence-electron chi connectivity index (χ0n) is 14.2. The molecule has 0 aromatic heterocycles. The van der Waals surface area contributed by atoms with Gasteiger partial charge in [0, 0.05) is 30.7 Å². The van der Waals surface area contributed by atoms with E-state index in [9.17, 15) is 4.79 Å². The van der Waals surface area contributed by atoms with Gasteiger partial charge in [0.25, 0.3) is 0 Å². The quantitative estimate of drug-likeness (QED) is 0.915. The molecule has 2 atom stereocenters. The van der Waals surface area contributed by atoms with Crippen molar-refractivity contribution in [3.8, 4) is 5.75 Å². The molecule has 0 saturated carbocycles. The van der Waals surface area contributed by atoms with Crippen LogP contribution >= 0.6 is 0 Å². The van der Waals surface area contributed by atoms with Crippen LogP contribution in [0.15, 0.2) is 24.3 Å². The van der Waals surface area contributed by atoms with E-state index < -0.39 is 0 Å². The van der Waals surface area contributed by atoms with Crippen LogP contribution in [0.1, 0.15) is 31.2 Å². The van der Waals surface area contributed by atoms with Gasteiger partial charge in [0.2, 0.25) is 5.91 Å². The lowest BCUT2D eigenvalue weighted by Crippen LogP contribution is -2.54. The second kappa shape index (κ2) is 7.11. The summed E-state index contributed by atoms with van der Waals surface area (Å²) in [5.74, 6) is 1.11. The molecule has 4 rings (SSSR count). The van der Waals surface area contributed by atoms with E-state index in [1.165, 1.54) is 37.9 Å². The average Bonchev–Trinajstić information content (AvgIpc) is 2.97. The topological polar surface area (TPSA) is 44.8 Å². The summed E-state index contributed by atoms with van der Waals surface area (Å²) in [6, 6.07) is 9.03. The number of hydrogen-bond donors (Lipinski definition) is 1. The maximum absolute atomic E-state index is 12.6. The summed E-state index contributed by atoms with van der Waals surface area (Å²) in [6.45, 7) is 5.09. The van der Waals surface area contributed by atoms with Crippen molar-refractivity contribution in [2.75, 3.05) is 32.8 Å². The van der Waals surface area contributed by atoms with E-state index in [2.05, 4.69) is 21.2 Å². The first-order chi connectivity index (χ1) is 11.8. The van der Waals surface area contributed by atoms with Crippen LogP contribution in [0.5, 0.6) is 5.75 Å². The number of hydrogen-bond acceptors (Lipinski definition) is 4. The minimum atomic E-state index is 0.160. The molecule has 0 spiro atoms. The smallest absolute Gasteiger partial charge is 0.234 e. The van der Waals surface area contributed by atoms with Gasteiger partial charge in [-0.25, -0.2) is 0 Å². The van der Waals surface area contributed by atoms with Gasteiger partial charge in [-0.15, -0.1) is 0 Å². The predicted molar refractivity (Wildman–Crippen MR) is 93.0 cm³/mol. The fourth-order valence-electron chi connectivity index (χ4n) is 4.43. The Kier molecular flexibility index (Phi) is 4.72. The highest BCUT2D eigenvalue weighted by Crippen LogP contribution is 2.27. The normalized spacial score (nSPS) is 27.7. The van der Waals surface area contributed by atoms with E-state index in [0.29, 0.717) is 25.2 Å². The molecule has 3 aliphatic heterocycles. The van der Waals surface area contributed by atoms with Gasteiger partial charge in [0.05, 0.1) is 6.54 Å². The molecular formula is C19H27N3O2. The SMILES string of the molecule is O=C(CN1CCOc2ccccc2C1)N[C@H]1CCCN2CCC[C@@H]12. The van der Waals surface area contributed by atoms with Gasteiger partial charge < -0.3 is 10.1 Å². The lowest BCUT2D eigenvalue weighted by molar-refractivity contribution is -0.123. The van der Waals surface area contributed by atoms with Crippen LogP contribution in [-0.4, -0.2) is 60.6 Å². The molecule has 0 unspecified atom stereocenters. The Hall–Kier alpha value is -1.59. The van der Waals surface area contributed by atoms with Crippen molar-refractivity contribution in [2.24, 2.45) is 0 Å². The number of nitrogens with one attached hydrogen (secondary N) is 1. The number of rotatable bonds is 3. The van der Waals surface area contributed by atoms with Crippen molar-refractivity contribution in [3.63, 3.8) is 0 Å². The van der Waals surface area contributed by atoms with Gasteiger partial charge in [-0.1, -0.05) is 18.2 Å². The number of carbonyl (C=O) groups is 1. The van der Waals surface area contributed by atoms with E-state index >= 15 is 0 Å². The zero-order chi connectivity index (χ0) is 16.4. The van der Waals surface area contributed by atoms with Gasteiger partial charge in [-0.05, 0) is 44.8 Å². The third-order valence-electron chi connectivity index (χ3n) is 5.58. The van der Waals surface area contributed by atoms with E-state index in [4.69, 9.17) is 4.74 Å². The number of amides is 1. The van der Waals surface area contributed by atoms with Crippen molar-refractivity contribution in [3.05, 3.63) is 29.8 Å². The van der Waals surface area contributed by atoms with Crippen molar-refractivity contribution >= 4 is 5.91 Å². The monoisotopic (exact) mass is 329 g/mol. The van der Waals surface area contributed by atoms with E-state index in [0.717, 1.165) is 25.3 Å². The molecule has 130 valence electrons. The number of benzene rings is 1. The van der Waals surface area contributed by atoms with Crippen LogP contribution < -0.4 is 10.1 Å². The fraction of sp³-hybridized carbons (Fsp3) is 0.632. The molecule has 5 nitrogen and oxygen atoms in total. The minimum Gasteiger partial charge on any atom is -0.492 e. The standard InChI is InChI=1S/C19H27N3O2/c23-19(20-16-6-3-9-22-10-4-7-17(16)22)14-21-11-12-24-18-8-2-1-5-15(18)13-21/h1-2,5,8,16-17H,3-4,6-7,9-14H2,(H,20,23)/t16-,17-/m0/s1. The molecule has 0 aliphatic carbocycles. The van der Waals surface area contributed by atoms with Crippen LogP contribution in [0, 0.1) is 0 Å². The molecule has 5 heteroatoms. The maximum atomic E-state index is 12.6. The Balaban J connectivity index is 1.34. The van der Waals surface area contributed by atoms with Gasteiger partial charge >= 0.3 is 0 Å². The average molecular weight is 329 g/mol. The Morgan fingerprint density at radius 1 is 1.17 bits per heavy atom. The first kappa shape index (κ1) is 15.9. The molecule has 24 heavy (non-hydrogen) atoms. The summed E-state index contributed by atoms with van der Waals surface area (Å²) in [6.07, 6.45) is 4.83. The Bertz CT molecular complexity index is 592. The number of fused-ring (bicyclic) bond motifs is 2. The largest absolute Gasteiger partial charge is 0.492 e. The lowest BCUT2D eigenvalue weighted by Gasteiger charge is -2.37. The fourth-order valence-corrected chi connectivity index (χ4v) is 4.43. The number of carbonyl (C=O) groups excluding carboxylic acids is 1. The van der Waals surface area contributed by atoms with Crippen LogP contribution in [-0.2, 0) is 11.3 Å². The highest BCUT2D eigenvalue weighted by atomic mass is 16.5. The van der Waals surface area contributed by atoms with E-state index in [1.807, 2.05) is 18.2 Å². The summed E-state index contributed by atoms with van der Waals surface area (Å²) >= 11 is 0. The molecule has 1 aromatic carbocycles. The molecule has 1 aromatic rings. The van der Waals surface area contributed by atoms with Crippen molar-refractivity contribution < 1.29 is 9.53 Å². The highest BCUT2D eigenvalue weighted by Gasteiger charge is 2.35. The number of nitrogens with zero attached hydrogens (tertiary/aromatic N) is 2. The first-order valence-electron chi connectivity index (χ1n) is 9.26. The Labute approximate surface area is 144 Å². The maximum Gasteiger partial charge on any atom is 0.234 e. The predicted octanol–water partition coefficient (Wildman–Crippen LogP) is 1.62. The summed E-state index contributed by atoms with van der Waals surface area (Å²) in [5.41, 5.74) is 1.17. The highest BCUT2D eigenvalue weighted by molar-refractivity contribution is 5.78. The van der Waals surface area contributed by atoms with Gasteiger partial charge in [-0.3, -0.25) is 14.6 Å². The second-order valence-electron chi connectivity index (χ2n) is 7.23. The Morgan fingerprint density at radius 2 is 2.00 bits per heavy atom.